The molecule has 2 atom stereocenters. The summed E-state index contributed by atoms with van der Waals surface area (Å²) in [5, 5.41) is 0. The quantitative estimate of drug-likeness (QED) is 0.778. The largest absolute Gasteiger partial charge is 0.491 e. The summed E-state index contributed by atoms with van der Waals surface area (Å²) in [7, 11) is 0. The van der Waals surface area contributed by atoms with E-state index in [9.17, 15) is 4.79 Å². The third-order valence-corrected chi connectivity index (χ3v) is 3.70. The molecular formula is C17H24O3. The minimum atomic E-state index is -0.179. The van der Waals surface area contributed by atoms with Gasteiger partial charge < -0.3 is 9.47 Å². The van der Waals surface area contributed by atoms with Gasteiger partial charge in [-0.25, -0.2) is 0 Å². The third-order valence-electron chi connectivity index (χ3n) is 3.70. The predicted molar refractivity (Wildman–Crippen MR) is 79.0 cm³/mol. The summed E-state index contributed by atoms with van der Waals surface area (Å²) in [6, 6.07) is 8.22. The molecule has 2 rings (SSSR count). The predicted octanol–water partition coefficient (Wildman–Crippen LogP) is 4.06. The van der Waals surface area contributed by atoms with Crippen LogP contribution in [0.25, 0.3) is 0 Å². The standard InChI is InChI=1S/C17H24O3/c1-12(2)19-15-10-8-14(9-11-15)16-6-4-5-7-17(16)20-13(3)18/h8-12,16-17H,4-7H2,1-3H3/t16-,17+/m0/s1. The Morgan fingerprint density at radius 2 is 1.80 bits per heavy atom. The number of hydrogen-bond donors (Lipinski definition) is 0. The Labute approximate surface area is 121 Å². The van der Waals surface area contributed by atoms with Crippen LogP contribution in [0, 0.1) is 0 Å². The number of ether oxygens (including phenoxy) is 2. The van der Waals surface area contributed by atoms with E-state index in [0.717, 1.165) is 25.0 Å². The van der Waals surface area contributed by atoms with Crippen LogP contribution in [0.5, 0.6) is 5.75 Å². The van der Waals surface area contributed by atoms with Crippen molar-refractivity contribution >= 4 is 5.97 Å². The third kappa shape index (κ3) is 3.99. The zero-order chi connectivity index (χ0) is 14.5. The second kappa shape index (κ2) is 6.78. The number of carbonyl (C=O) groups is 1. The molecular weight excluding hydrogens is 252 g/mol. The molecule has 3 heteroatoms. The fourth-order valence-electron chi connectivity index (χ4n) is 2.90. The Morgan fingerprint density at radius 3 is 2.40 bits per heavy atom. The molecule has 0 aromatic heterocycles. The number of esters is 1. The number of rotatable bonds is 4. The molecule has 1 aromatic rings. The van der Waals surface area contributed by atoms with Crippen LogP contribution in [0.2, 0.25) is 0 Å². The second-order valence-electron chi connectivity index (χ2n) is 5.77. The van der Waals surface area contributed by atoms with Crippen molar-refractivity contribution in [3.8, 4) is 5.75 Å². The number of hydrogen-bond acceptors (Lipinski definition) is 3. The highest BCUT2D eigenvalue weighted by Gasteiger charge is 2.28. The van der Waals surface area contributed by atoms with E-state index in [1.54, 1.807) is 0 Å². The van der Waals surface area contributed by atoms with Gasteiger partial charge in [-0.1, -0.05) is 18.6 Å². The molecule has 1 aromatic carbocycles. The summed E-state index contributed by atoms with van der Waals surface area (Å²) in [5.74, 6) is 1.03. The molecule has 0 aliphatic heterocycles. The molecule has 0 radical (unpaired) electrons. The van der Waals surface area contributed by atoms with Crippen molar-refractivity contribution in [1.82, 2.24) is 0 Å². The molecule has 0 N–H and O–H groups in total. The summed E-state index contributed by atoms with van der Waals surface area (Å²) < 4.78 is 11.1. The van der Waals surface area contributed by atoms with Gasteiger partial charge in [-0.3, -0.25) is 4.79 Å². The lowest BCUT2D eigenvalue weighted by atomic mass is 9.81. The van der Waals surface area contributed by atoms with Crippen LogP contribution in [0.4, 0.5) is 0 Å². The minimum Gasteiger partial charge on any atom is -0.491 e. The van der Waals surface area contributed by atoms with Crippen molar-refractivity contribution in [2.45, 2.75) is 64.6 Å². The smallest absolute Gasteiger partial charge is 0.302 e. The van der Waals surface area contributed by atoms with Gasteiger partial charge in [-0.05, 0) is 50.8 Å². The van der Waals surface area contributed by atoms with Crippen molar-refractivity contribution in [3.63, 3.8) is 0 Å². The molecule has 1 fully saturated rings. The van der Waals surface area contributed by atoms with Crippen LogP contribution in [-0.2, 0) is 9.53 Å². The van der Waals surface area contributed by atoms with Crippen LogP contribution in [0.1, 0.15) is 57.9 Å². The molecule has 0 saturated heterocycles. The molecule has 1 aliphatic rings. The van der Waals surface area contributed by atoms with Crippen molar-refractivity contribution in [1.29, 1.82) is 0 Å². The summed E-state index contributed by atoms with van der Waals surface area (Å²) in [4.78, 5) is 11.2. The first kappa shape index (κ1) is 14.9. The van der Waals surface area contributed by atoms with E-state index in [0.29, 0.717) is 5.92 Å². The molecule has 0 spiro atoms. The fourth-order valence-corrected chi connectivity index (χ4v) is 2.90. The van der Waals surface area contributed by atoms with Crippen LogP contribution in [-0.4, -0.2) is 18.2 Å². The maximum atomic E-state index is 11.2. The monoisotopic (exact) mass is 276 g/mol. The zero-order valence-corrected chi connectivity index (χ0v) is 12.6. The van der Waals surface area contributed by atoms with E-state index >= 15 is 0 Å². The molecule has 0 bridgehead atoms. The Hall–Kier alpha value is -1.51. The maximum absolute atomic E-state index is 11.2. The van der Waals surface area contributed by atoms with E-state index in [1.165, 1.54) is 18.9 Å². The average Bonchev–Trinajstić information content (AvgIpc) is 2.39. The highest BCUT2D eigenvalue weighted by molar-refractivity contribution is 5.66. The van der Waals surface area contributed by atoms with E-state index in [2.05, 4.69) is 12.1 Å². The van der Waals surface area contributed by atoms with E-state index in [1.807, 2.05) is 26.0 Å². The Morgan fingerprint density at radius 1 is 1.15 bits per heavy atom. The van der Waals surface area contributed by atoms with Crippen LogP contribution < -0.4 is 4.74 Å². The van der Waals surface area contributed by atoms with Gasteiger partial charge in [-0.15, -0.1) is 0 Å². The van der Waals surface area contributed by atoms with Gasteiger partial charge in [-0.2, -0.15) is 0 Å². The highest BCUT2D eigenvalue weighted by atomic mass is 16.5. The Balaban J connectivity index is 2.09. The molecule has 1 aliphatic carbocycles. The molecule has 0 unspecified atom stereocenters. The SMILES string of the molecule is CC(=O)O[C@@H]1CCCC[C@H]1c1ccc(OC(C)C)cc1. The first-order chi connectivity index (χ1) is 9.56. The molecule has 1 saturated carbocycles. The van der Waals surface area contributed by atoms with E-state index in [4.69, 9.17) is 9.47 Å². The zero-order valence-electron chi connectivity index (χ0n) is 12.6. The summed E-state index contributed by atoms with van der Waals surface area (Å²) in [6.45, 7) is 5.53. The lowest BCUT2D eigenvalue weighted by Crippen LogP contribution is -2.27. The summed E-state index contributed by atoms with van der Waals surface area (Å²) in [6.07, 6.45) is 4.61. The van der Waals surface area contributed by atoms with Gasteiger partial charge in [0.15, 0.2) is 0 Å². The van der Waals surface area contributed by atoms with Gasteiger partial charge >= 0.3 is 5.97 Å². The topological polar surface area (TPSA) is 35.5 Å². The first-order valence-electron chi connectivity index (χ1n) is 7.50. The van der Waals surface area contributed by atoms with Crippen LogP contribution in [0.15, 0.2) is 24.3 Å². The van der Waals surface area contributed by atoms with Gasteiger partial charge in [0, 0.05) is 12.8 Å². The lowest BCUT2D eigenvalue weighted by Gasteiger charge is -2.31. The molecule has 3 nitrogen and oxygen atoms in total. The normalized spacial score (nSPS) is 22.6. The Bertz CT molecular complexity index is 436. The van der Waals surface area contributed by atoms with Crippen molar-refractivity contribution in [2.75, 3.05) is 0 Å². The average molecular weight is 276 g/mol. The van der Waals surface area contributed by atoms with E-state index in [-0.39, 0.29) is 18.2 Å². The van der Waals surface area contributed by atoms with Gasteiger partial charge in [0.1, 0.15) is 11.9 Å². The fraction of sp³-hybridized carbons (Fsp3) is 0.588. The summed E-state index contributed by atoms with van der Waals surface area (Å²) >= 11 is 0. The maximum Gasteiger partial charge on any atom is 0.302 e. The first-order valence-corrected chi connectivity index (χ1v) is 7.50. The van der Waals surface area contributed by atoms with Crippen LogP contribution in [0.3, 0.4) is 0 Å². The minimum absolute atomic E-state index is 0.0260. The van der Waals surface area contributed by atoms with Crippen molar-refractivity contribution in [3.05, 3.63) is 29.8 Å². The van der Waals surface area contributed by atoms with Crippen molar-refractivity contribution in [2.24, 2.45) is 0 Å². The van der Waals surface area contributed by atoms with Gasteiger partial charge in [0.2, 0.25) is 0 Å². The number of benzene rings is 1. The number of carbonyl (C=O) groups excluding carboxylic acids is 1. The summed E-state index contributed by atoms with van der Waals surface area (Å²) in [5.41, 5.74) is 1.24. The van der Waals surface area contributed by atoms with E-state index < -0.39 is 0 Å². The molecule has 110 valence electrons. The van der Waals surface area contributed by atoms with Crippen LogP contribution >= 0.6 is 0 Å². The highest BCUT2D eigenvalue weighted by Crippen LogP contribution is 2.35. The second-order valence-corrected chi connectivity index (χ2v) is 5.77. The lowest BCUT2D eigenvalue weighted by molar-refractivity contribution is -0.148. The molecule has 0 heterocycles. The Kier molecular flexibility index (Phi) is 5.05. The van der Waals surface area contributed by atoms with Crippen molar-refractivity contribution < 1.29 is 14.3 Å². The van der Waals surface area contributed by atoms with Gasteiger partial charge in [0.05, 0.1) is 6.10 Å². The molecule has 20 heavy (non-hydrogen) atoms. The molecule has 0 amide bonds. The van der Waals surface area contributed by atoms with Gasteiger partial charge in [0.25, 0.3) is 0 Å².